The highest BCUT2D eigenvalue weighted by atomic mass is 16.6. The van der Waals surface area contributed by atoms with Gasteiger partial charge in [-0.2, -0.15) is 0 Å². The molecule has 0 aromatic heterocycles. The molecule has 1 amide bonds. The second-order valence-electron chi connectivity index (χ2n) is 8.08. The van der Waals surface area contributed by atoms with E-state index in [0.717, 1.165) is 0 Å². The molecule has 1 aliphatic heterocycles. The molecule has 2 rings (SSSR count). The van der Waals surface area contributed by atoms with E-state index in [9.17, 15) is 9.59 Å². The Labute approximate surface area is 167 Å². The van der Waals surface area contributed by atoms with Gasteiger partial charge >= 0.3 is 5.97 Å². The van der Waals surface area contributed by atoms with Gasteiger partial charge in [0.25, 0.3) is 5.91 Å². The maximum Gasteiger partial charge on any atom is 0.339 e. The van der Waals surface area contributed by atoms with Crippen molar-refractivity contribution in [2.45, 2.75) is 65.0 Å². The van der Waals surface area contributed by atoms with E-state index in [0.29, 0.717) is 5.56 Å². The second kappa shape index (κ2) is 8.76. The average Bonchev–Trinajstić information content (AvgIpc) is 2.94. The molecule has 1 saturated heterocycles. The van der Waals surface area contributed by atoms with Gasteiger partial charge in [0.1, 0.15) is 18.4 Å². The van der Waals surface area contributed by atoms with E-state index in [1.54, 1.807) is 49.9 Å². The van der Waals surface area contributed by atoms with Crippen LogP contribution in [0.2, 0.25) is 0 Å². The van der Waals surface area contributed by atoms with Crippen molar-refractivity contribution in [3.8, 4) is 11.8 Å². The number of rotatable bonds is 5. The van der Waals surface area contributed by atoms with Crippen molar-refractivity contribution in [3.63, 3.8) is 0 Å². The minimum Gasteiger partial charge on any atom is -0.443 e. The Balaban J connectivity index is 2.22. The fourth-order valence-electron chi connectivity index (χ4n) is 2.99. The smallest absolute Gasteiger partial charge is 0.339 e. The van der Waals surface area contributed by atoms with Crippen LogP contribution in [0.3, 0.4) is 0 Å². The molecule has 0 aliphatic carbocycles. The van der Waals surface area contributed by atoms with Crippen LogP contribution in [0, 0.1) is 11.8 Å². The molecule has 0 radical (unpaired) electrons. The molecule has 152 valence electrons. The van der Waals surface area contributed by atoms with Crippen molar-refractivity contribution in [1.29, 1.82) is 0 Å². The summed E-state index contributed by atoms with van der Waals surface area (Å²) in [6.45, 7) is 11.1. The molecule has 6 heteroatoms. The molecule has 1 aromatic carbocycles. The van der Waals surface area contributed by atoms with Crippen molar-refractivity contribution in [2.75, 3.05) is 13.2 Å². The maximum absolute atomic E-state index is 12.9. The van der Waals surface area contributed by atoms with Crippen LogP contribution in [-0.4, -0.2) is 53.5 Å². The van der Waals surface area contributed by atoms with Crippen LogP contribution in [0.4, 0.5) is 0 Å². The first-order chi connectivity index (χ1) is 13.0. The summed E-state index contributed by atoms with van der Waals surface area (Å²) in [5.74, 6) is 4.98. The van der Waals surface area contributed by atoms with Gasteiger partial charge < -0.3 is 19.1 Å². The van der Waals surface area contributed by atoms with Gasteiger partial charge in [-0.05, 0) is 53.7 Å². The Hall–Kier alpha value is -2.36. The van der Waals surface area contributed by atoms with Crippen molar-refractivity contribution in [1.82, 2.24) is 4.90 Å². The Morgan fingerprint density at radius 3 is 2.50 bits per heavy atom. The fourth-order valence-corrected chi connectivity index (χ4v) is 2.99. The Morgan fingerprint density at radius 2 is 1.93 bits per heavy atom. The van der Waals surface area contributed by atoms with Gasteiger partial charge in [-0.15, -0.1) is 5.92 Å². The minimum absolute atomic E-state index is 0.0916. The van der Waals surface area contributed by atoms with Crippen LogP contribution in [0.15, 0.2) is 30.3 Å². The molecule has 0 bridgehead atoms. The standard InChI is InChI=1S/C22H29NO5/c1-7-11-18(28-20(25)16-12-9-8-10-13-16)17-14-27-22(5,6)23(17)19(24)15-26-21(2,3)4/h8-10,12-13,17-18H,14-15H2,1-6H3. The Morgan fingerprint density at radius 1 is 1.29 bits per heavy atom. The third kappa shape index (κ3) is 5.57. The summed E-state index contributed by atoms with van der Waals surface area (Å²) >= 11 is 0. The zero-order valence-corrected chi connectivity index (χ0v) is 17.4. The van der Waals surface area contributed by atoms with Gasteiger partial charge in [0.05, 0.1) is 17.8 Å². The molecule has 0 spiro atoms. The SMILES string of the molecule is CC#CC(OC(=O)c1ccccc1)C1COC(C)(C)N1C(=O)COC(C)(C)C. The summed E-state index contributed by atoms with van der Waals surface area (Å²) < 4.78 is 17.1. The molecule has 28 heavy (non-hydrogen) atoms. The largest absolute Gasteiger partial charge is 0.443 e. The molecule has 1 aliphatic rings. The van der Waals surface area contributed by atoms with E-state index in [1.165, 1.54) is 0 Å². The van der Waals surface area contributed by atoms with E-state index in [4.69, 9.17) is 14.2 Å². The third-order valence-electron chi connectivity index (χ3n) is 4.30. The van der Waals surface area contributed by atoms with Crippen molar-refractivity contribution in [2.24, 2.45) is 0 Å². The lowest BCUT2D eigenvalue weighted by Crippen LogP contribution is -2.54. The van der Waals surface area contributed by atoms with Crippen molar-refractivity contribution < 1.29 is 23.8 Å². The van der Waals surface area contributed by atoms with Gasteiger partial charge in [0.2, 0.25) is 0 Å². The highest BCUT2D eigenvalue weighted by Crippen LogP contribution is 2.30. The van der Waals surface area contributed by atoms with Crippen molar-refractivity contribution in [3.05, 3.63) is 35.9 Å². The lowest BCUT2D eigenvalue weighted by molar-refractivity contribution is -0.157. The monoisotopic (exact) mass is 387 g/mol. The second-order valence-corrected chi connectivity index (χ2v) is 8.08. The lowest BCUT2D eigenvalue weighted by atomic mass is 10.1. The van der Waals surface area contributed by atoms with E-state index >= 15 is 0 Å². The van der Waals surface area contributed by atoms with E-state index in [-0.39, 0.29) is 19.1 Å². The molecular weight excluding hydrogens is 358 g/mol. The number of hydrogen-bond donors (Lipinski definition) is 0. The van der Waals surface area contributed by atoms with Crippen LogP contribution in [-0.2, 0) is 19.0 Å². The number of benzene rings is 1. The zero-order chi connectivity index (χ0) is 20.9. The van der Waals surface area contributed by atoms with Gasteiger partial charge in [-0.25, -0.2) is 4.79 Å². The van der Waals surface area contributed by atoms with Gasteiger partial charge in [-0.3, -0.25) is 4.79 Å². The highest BCUT2D eigenvalue weighted by molar-refractivity contribution is 5.89. The minimum atomic E-state index is -0.851. The Bertz CT molecular complexity index is 755. The molecule has 0 saturated carbocycles. The van der Waals surface area contributed by atoms with Crippen LogP contribution in [0.1, 0.15) is 51.9 Å². The summed E-state index contributed by atoms with van der Waals surface area (Å²) in [6.07, 6.45) is -0.807. The normalized spacial score (nSPS) is 19.5. The first kappa shape index (κ1) is 21.9. The quantitative estimate of drug-likeness (QED) is 0.574. The summed E-state index contributed by atoms with van der Waals surface area (Å²) in [4.78, 5) is 27.0. The number of carbonyl (C=O) groups is 2. The first-order valence-electron chi connectivity index (χ1n) is 9.33. The summed E-state index contributed by atoms with van der Waals surface area (Å²) in [7, 11) is 0. The van der Waals surface area contributed by atoms with Gasteiger partial charge in [-0.1, -0.05) is 24.1 Å². The predicted octanol–water partition coefficient (Wildman–Crippen LogP) is 3.01. The number of ether oxygens (including phenoxy) is 3. The lowest BCUT2D eigenvalue weighted by Gasteiger charge is -2.36. The summed E-state index contributed by atoms with van der Waals surface area (Å²) in [5, 5.41) is 0. The van der Waals surface area contributed by atoms with E-state index in [2.05, 4.69) is 11.8 Å². The molecule has 1 aromatic rings. The summed E-state index contributed by atoms with van der Waals surface area (Å²) in [6, 6.07) is 8.17. The predicted molar refractivity (Wildman–Crippen MR) is 105 cm³/mol. The topological polar surface area (TPSA) is 65.1 Å². The number of carbonyl (C=O) groups excluding carboxylic acids is 2. The van der Waals surface area contributed by atoms with Gasteiger partial charge in [0, 0.05) is 0 Å². The molecular formula is C22H29NO5. The number of hydrogen-bond acceptors (Lipinski definition) is 5. The van der Waals surface area contributed by atoms with E-state index < -0.39 is 29.4 Å². The molecule has 0 N–H and O–H groups in total. The Kier molecular flexibility index (Phi) is 6.87. The average molecular weight is 387 g/mol. The highest BCUT2D eigenvalue weighted by Gasteiger charge is 2.48. The van der Waals surface area contributed by atoms with Crippen LogP contribution < -0.4 is 0 Å². The van der Waals surface area contributed by atoms with Crippen LogP contribution in [0.5, 0.6) is 0 Å². The summed E-state index contributed by atoms with van der Waals surface area (Å²) in [5.41, 5.74) is -0.869. The maximum atomic E-state index is 12.9. The van der Waals surface area contributed by atoms with E-state index in [1.807, 2.05) is 26.8 Å². The van der Waals surface area contributed by atoms with Crippen molar-refractivity contribution >= 4 is 11.9 Å². The van der Waals surface area contributed by atoms with Crippen LogP contribution in [0.25, 0.3) is 0 Å². The molecule has 2 unspecified atom stereocenters. The zero-order valence-electron chi connectivity index (χ0n) is 17.4. The van der Waals surface area contributed by atoms with Gasteiger partial charge in [0.15, 0.2) is 6.10 Å². The third-order valence-corrected chi connectivity index (χ3v) is 4.30. The molecule has 1 fully saturated rings. The molecule has 2 atom stereocenters. The number of amides is 1. The molecule has 6 nitrogen and oxygen atoms in total. The number of nitrogens with zero attached hydrogens (tertiary/aromatic N) is 1. The first-order valence-corrected chi connectivity index (χ1v) is 9.33. The molecule has 1 heterocycles. The number of esters is 1. The fraction of sp³-hybridized carbons (Fsp3) is 0.545. The van der Waals surface area contributed by atoms with Crippen LogP contribution >= 0.6 is 0 Å².